The molecular weight excluding hydrogens is 705 g/mol. The standard InChI is InChI=1S/C42H76O9Si2/c1-16-34(44)31(7)39-35(48-39)28-41(12,46)25-20-21-29(5)38-30(6)22-23-36(47-32(8)43)42(13,51-53(17-2,18-3)19-4)26-24-33(27-37(45)49-38)50-52(14,15)40(9,10)11/h20-23,25,30-31,33-36,38-39,44,46H,16-19,24,26-28H2,1-15H3/b23-22-,25-20+,29-21+/t30-,31+,33+,34-,35+,36-,38+,39+,41-,42+/m0/s1. The van der Waals surface area contributed by atoms with Crippen LogP contribution in [-0.4, -0.2) is 86.6 Å². The lowest BCUT2D eigenvalue weighted by molar-refractivity contribution is -0.155. The Kier molecular flexibility index (Phi) is 17.5. The minimum absolute atomic E-state index is 0.00329. The van der Waals surface area contributed by atoms with Gasteiger partial charge in [-0.25, -0.2) is 0 Å². The van der Waals surface area contributed by atoms with Crippen LogP contribution in [0.25, 0.3) is 0 Å². The van der Waals surface area contributed by atoms with Gasteiger partial charge in [0, 0.05) is 25.2 Å². The third kappa shape index (κ3) is 13.8. The molecule has 1 fully saturated rings. The van der Waals surface area contributed by atoms with Gasteiger partial charge in [0.2, 0.25) is 0 Å². The second-order valence-corrected chi connectivity index (χ2v) is 27.3. The van der Waals surface area contributed by atoms with Gasteiger partial charge in [-0.2, -0.15) is 0 Å². The Morgan fingerprint density at radius 3 is 2.23 bits per heavy atom. The molecule has 2 aliphatic rings. The Balaban J connectivity index is 2.53. The lowest BCUT2D eigenvalue weighted by atomic mass is 9.88. The van der Waals surface area contributed by atoms with Gasteiger partial charge in [0.25, 0.3) is 0 Å². The highest BCUT2D eigenvalue weighted by molar-refractivity contribution is 6.74. The van der Waals surface area contributed by atoms with Crippen molar-refractivity contribution in [3.05, 3.63) is 36.0 Å². The van der Waals surface area contributed by atoms with Crippen molar-refractivity contribution in [3.63, 3.8) is 0 Å². The maximum absolute atomic E-state index is 13.8. The molecule has 306 valence electrons. The minimum atomic E-state index is -2.29. The van der Waals surface area contributed by atoms with E-state index in [0.29, 0.717) is 25.7 Å². The maximum Gasteiger partial charge on any atom is 0.308 e. The molecule has 0 spiro atoms. The number of hydrogen-bond acceptors (Lipinski definition) is 9. The van der Waals surface area contributed by atoms with Gasteiger partial charge in [-0.1, -0.05) is 86.6 Å². The van der Waals surface area contributed by atoms with E-state index in [1.165, 1.54) is 6.92 Å². The normalized spacial score (nSPS) is 31.1. The fraction of sp³-hybridized carbons (Fsp3) is 0.810. The van der Waals surface area contributed by atoms with Crippen LogP contribution < -0.4 is 0 Å². The molecule has 2 rings (SSSR count). The van der Waals surface area contributed by atoms with E-state index < -0.39 is 52.3 Å². The zero-order valence-corrected chi connectivity index (χ0v) is 37.9. The molecule has 0 saturated carbocycles. The highest BCUT2D eigenvalue weighted by atomic mass is 28.4. The lowest BCUT2D eigenvalue weighted by Gasteiger charge is -2.45. The van der Waals surface area contributed by atoms with Crippen LogP contribution in [0.1, 0.15) is 122 Å². The van der Waals surface area contributed by atoms with Crippen molar-refractivity contribution in [3.8, 4) is 0 Å². The number of carbonyl (C=O) groups excluding carboxylic acids is 2. The second kappa shape index (κ2) is 19.5. The first kappa shape index (κ1) is 47.5. The molecule has 0 radical (unpaired) electrons. The van der Waals surface area contributed by atoms with E-state index in [1.807, 2.05) is 45.9 Å². The number of allylic oxidation sites excluding steroid dienone is 2. The Hall–Kier alpha value is -1.61. The summed E-state index contributed by atoms with van der Waals surface area (Å²) in [6.07, 6.45) is 9.27. The summed E-state index contributed by atoms with van der Waals surface area (Å²) < 4.78 is 32.3. The topological polar surface area (TPSA) is 124 Å². The number of hydrogen-bond donors (Lipinski definition) is 2. The molecule has 0 aliphatic carbocycles. The largest absolute Gasteiger partial charge is 0.457 e. The Morgan fingerprint density at radius 2 is 1.70 bits per heavy atom. The van der Waals surface area contributed by atoms with E-state index in [4.69, 9.17) is 23.1 Å². The van der Waals surface area contributed by atoms with E-state index in [-0.39, 0.29) is 47.4 Å². The van der Waals surface area contributed by atoms with Gasteiger partial charge in [0.05, 0.1) is 42.0 Å². The molecule has 2 heterocycles. The third-order valence-corrected chi connectivity index (χ3v) is 21.6. The SMILES string of the molecule is CC[C@H](O)[C@@H](C)[C@H]1O[C@@H]1C[C@@](C)(O)/C=C/C=C(\C)[C@H]1OC(=O)C[C@H](O[Si](C)(C)C(C)(C)C)CC[C@@](C)(O[Si](CC)(CC)CC)[C@@H](OC(C)=O)/C=C\[C@@H]1C. The number of aliphatic hydroxyl groups excluding tert-OH is 1. The number of esters is 2. The predicted octanol–water partition coefficient (Wildman–Crippen LogP) is 9.20. The van der Waals surface area contributed by atoms with Crippen LogP contribution in [0, 0.1) is 11.8 Å². The molecule has 11 heteroatoms. The quantitative estimate of drug-likeness (QED) is 0.0519. The summed E-state index contributed by atoms with van der Waals surface area (Å²) in [5, 5.41) is 21.4. The van der Waals surface area contributed by atoms with Gasteiger partial charge >= 0.3 is 11.9 Å². The van der Waals surface area contributed by atoms with Gasteiger partial charge in [-0.15, -0.1) is 0 Å². The Bertz CT molecular complexity index is 1270. The van der Waals surface area contributed by atoms with Crippen LogP contribution in [0.2, 0.25) is 36.3 Å². The van der Waals surface area contributed by atoms with Crippen LogP contribution in [0.4, 0.5) is 0 Å². The molecular formula is C42H76O9Si2. The summed E-state index contributed by atoms with van der Waals surface area (Å²) in [5.41, 5.74) is -1.16. The minimum Gasteiger partial charge on any atom is -0.457 e. The Morgan fingerprint density at radius 1 is 1.09 bits per heavy atom. The van der Waals surface area contributed by atoms with E-state index >= 15 is 0 Å². The summed E-state index contributed by atoms with van der Waals surface area (Å²) in [6, 6.07) is 2.83. The first-order valence-corrected chi connectivity index (χ1v) is 25.7. The molecule has 0 unspecified atom stereocenters. The van der Waals surface area contributed by atoms with Crippen LogP contribution in [0.3, 0.4) is 0 Å². The average molecular weight is 781 g/mol. The number of rotatable bonds is 16. The van der Waals surface area contributed by atoms with E-state index in [9.17, 15) is 19.8 Å². The summed E-state index contributed by atoms with van der Waals surface area (Å²) in [5.74, 6) is -0.982. The molecule has 2 aliphatic heterocycles. The molecule has 10 atom stereocenters. The van der Waals surface area contributed by atoms with Crippen LogP contribution >= 0.6 is 0 Å². The zero-order valence-electron chi connectivity index (χ0n) is 35.9. The number of aliphatic hydroxyl groups is 2. The zero-order chi connectivity index (χ0) is 40.6. The highest BCUT2D eigenvalue weighted by Crippen LogP contribution is 2.41. The summed E-state index contributed by atoms with van der Waals surface area (Å²) in [7, 11) is -4.47. The summed E-state index contributed by atoms with van der Waals surface area (Å²) in [6.45, 7) is 30.6. The van der Waals surface area contributed by atoms with Crippen molar-refractivity contribution in [2.24, 2.45) is 11.8 Å². The van der Waals surface area contributed by atoms with E-state index in [2.05, 4.69) is 61.6 Å². The van der Waals surface area contributed by atoms with Crippen molar-refractivity contribution in [1.29, 1.82) is 0 Å². The molecule has 9 nitrogen and oxygen atoms in total. The van der Waals surface area contributed by atoms with Gasteiger partial charge in [-0.05, 0) is 87.9 Å². The van der Waals surface area contributed by atoms with Gasteiger partial charge in [-0.3, -0.25) is 9.59 Å². The van der Waals surface area contributed by atoms with E-state index in [1.54, 1.807) is 19.1 Å². The monoisotopic (exact) mass is 781 g/mol. The van der Waals surface area contributed by atoms with Gasteiger partial charge < -0.3 is 33.3 Å². The molecule has 1 saturated heterocycles. The highest BCUT2D eigenvalue weighted by Gasteiger charge is 2.48. The molecule has 2 N–H and O–H groups in total. The third-order valence-electron chi connectivity index (χ3n) is 12.3. The maximum atomic E-state index is 13.8. The first-order valence-electron chi connectivity index (χ1n) is 20.2. The molecule has 0 aromatic carbocycles. The molecule has 0 aromatic heterocycles. The lowest BCUT2D eigenvalue weighted by Crippen LogP contribution is -2.53. The number of cyclic esters (lactones) is 1. The number of carbonyl (C=O) groups is 2. The molecule has 0 aromatic rings. The van der Waals surface area contributed by atoms with Crippen molar-refractivity contribution in [2.75, 3.05) is 0 Å². The Labute approximate surface area is 324 Å². The van der Waals surface area contributed by atoms with Crippen LogP contribution in [-0.2, 0) is 32.7 Å². The first-order chi connectivity index (χ1) is 24.4. The fourth-order valence-corrected chi connectivity index (χ4v) is 11.7. The number of ether oxygens (including phenoxy) is 3. The fourth-order valence-electron chi connectivity index (χ4n) is 7.22. The predicted molar refractivity (Wildman–Crippen MR) is 219 cm³/mol. The smallest absolute Gasteiger partial charge is 0.308 e. The summed E-state index contributed by atoms with van der Waals surface area (Å²) >= 11 is 0. The summed E-state index contributed by atoms with van der Waals surface area (Å²) in [4.78, 5) is 26.5. The second-order valence-electron chi connectivity index (χ2n) is 17.9. The number of epoxide rings is 1. The molecule has 53 heavy (non-hydrogen) atoms. The van der Waals surface area contributed by atoms with Crippen LogP contribution in [0.15, 0.2) is 36.0 Å². The van der Waals surface area contributed by atoms with Crippen molar-refractivity contribution in [2.45, 2.75) is 206 Å². The van der Waals surface area contributed by atoms with Crippen LogP contribution in [0.5, 0.6) is 0 Å². The molecule has 0 bridgehead atoms. The van der Waals surface area contributed by atoms with Gasteiger partial charge in [0.1, 0.15) is 12.2 Å². The average Bonchev–Trinajstić information content (AvgIpc) is 3.82. The van der Waals surface area contributed by atoms with Crippen molar-refractivity contribution < 1.29 is 42.9 Å². The van der Waals surface area contributed by atoms with E-state index in [0.717, 1.165) is 23.7 Å². The van der Waals surface area contributed by atoms with Crippen molar-refractivity contribution >= 4 is 28.6 Å². The van der Waals surface area contributed by atoms with Gasteiger partial charge in [0.15, 0.2) is 16.6 Å². The van der Waals surface area contributed by atoms with Crippen molar-refractivity contribution in [1.82, 2.24) is 0 Å². The molecule has 0 amide bonds.